The summed E-state index contributed by atoms with van der Waals surface area (Å²) < 4.78 is 11.4. The van der Waals surface area contributed by atoms with Crippen LogP contribution in [0, 0.1) is 11.3 Å². The van der Waals surface area contributed by atoms with E-state index >= 15 is 0 Å². The molecule has 0 aromatic rings. The molecule has 19 heavy (non-hydrogen) atoms. The van der Waals surface area contributed by atoms with Gasteiger partial charge in [0.25, 0.3) is 0 Å². The second kappa shape index (κ2) is 3.47. The molecule has 5 atom stereocenters. The molecule has 2 N–H and O–H groups in total. The van der Waals surface area contributed by atoms with Gasteiger partial charge in [-0.15, -0.1) is 0 Å². The molecule has 5 heteroatoms. The molecule has 2 bridgehead atoms. The fourth-order valence-electron chi connectivity index (χ4n) is 3.91. The van der Waals surface area contributed by atoms with Crippen molar-refractivity contribution in [3.63, 3.8) is 0 Å². The van der Waals surface area contributed by atoms with Crippen LogP contribution in [-0.2, 0) is 14.3 Å². The van der Waals surface area contributed by atoms with Gasteiger partial charge in [-0.1, -0.05) is 20.8 Å². The van der Waals surface area contributed by atoms with E-state index in [1.165, 1.54) is 6.08 Å². The van der Waals surface area contributed by atoms with Gasteiger partial charge in [0.2, 0.25) is 5.79 Å². The van der Waals surface area contributed by atoms with Crippen molar-refractivity contribution in [3.05, 3.63) is 11.6 Å². The van der Waals surface area contributed by atoms with Crippen molar-refractivity contribution in [2.45, 2.75) is 57.9 Å². The van der Waals surface area contributed by atoms with Crippen LogP contribution in [0.15, 0.2) is 11.6 Å². The minimum atomic E-state index is -1.40. The number of carbonyl (C=O) groups excluding carboxylic acids is 1. The van der Waals surface area contributed by atoms with Crippen molar-refractivity contribution in [3.8, 4) is 0 Å². The summed E-state index contributed by atoms with van der Waals surface area (Å²) in [6.45, 7) is 7.16. The first-order valence-corrected chi connectivity index (χ1v) is 6.64. The minimum absolute atomic E-state index is 0.151. The maximum absolute atomic E-state index is 12.1. The molecule has 3 rings (SSSR count). The molecular weight excluding hydrogens is 248 g/mol. The molecule has 2 heterocycles. The Hall–Kier alpha value is -0.750. The Labute approximate surface area is 112 Å². The minimum Gasteiger partial charge on any atom is -0.379 e. The van der Waals surface area contributed by atoms with Crippen molar-refractivity contribution in [1.29, 1.82) is 0 Å². The van der Waals surface area contributed by atoms with Crippen LogP contribution >= 0.6 is 0 Å². The zero-order valence-electron chi connectivity index (χ0n) is 11.6. The number of ketones is 1. The molecule has 3 aliphatic rings. The van der Waals surface area contributed by atoms with Crippen molar-refractivity contribution < 1.29 is 24.5 Å². The molecule has 0 radical (unpaired) electrons. The van der Waals surface area contributed by atoms with Gasteiger partial charge in [-0.3, -0.25) is 4.79 Å². The van der Waals surface area contributed by atoms with E-state index in [1.807, 2.05) is 6.92 Å². The van der Waals surface area contributed by atoms with Crippen LogP contribution in [0.25, 0.3) is 0 Å². The Morgan fingerprint density at radius 1 is 1.37 bits per heavy atom. The number of rotatable bonds is 0. The summed E-state index contributed by atoms with van der Waals surface area (Å²) in [5, 5.41) is 21.1. The van der Waals surface area contributed by atoms with Gasteiger partial charge in [-0.05, 0) is 18.6 Å². The molecular formula is C14H20O5. The van der Waals surface area contributed by atoms with Gasteiger partial charge in [0, 0.05) is 17.8 Å². The Morgan fingerprint density at radius 2 is 2.00 bits per heavy atom. The number of ether oxygens (including phenoxy) is 2. The highest BCUT2D eigenvalue weighted by Crippen LogP contribution is 2.62. The van der Waals surface area contributed by atoms with Gasteiger partial charge < -0.3 is 19.7 Å². The number of carbonyl (C=O) groups is 1. The van der Waals surface area contributed by atoms with E-state index in [2.05, 4.69) is 0 Å². The van der Waals surface area contributed by atoms with Crippen LogP contribution in [-0.4, -0.2) is 39.8 Å². The first kappa shape index (κ1) is 13.2. The second-order valence-corrected chi connectivity index (χ2v) is 6.60. The molecule has 106 valence electrons. The van der Waals surface area contributed by atoms with Crippen molar-refractivity contribution >= 4 is 5.78 Å². The Balaban J connectivity index is 2.18. The largest absolute Gasteiger partial charge is 0.379 e. The lowest BCUT2D eigenvalue weighted by Crippen LogP contribution is -2.60. The smallest absolute Gasteiger partial charge is 0.205 e. The van der Waals surface area contributed by atoms with Crippen LogP contribution < -0.4 is 0 Å². The third kappa shape index (κ3) is 1.27. The number of aliphatic hydroxyl groups is 2. The van der Waals surface area contributed by atoms with Crippen LogP contribution in [0.5, 0.6) is 0 Å². The van der Waals surface area contributed by atoms with Crippen LogP contribution in [0.2, 0.25) is 0 Å². The highest BCUT2D eigenvalue weighted by molar-refractivity contribution is 5.97. The summed E-state index contributed by atoms with van der Waals surface area (Å²) >= 11 is 0. The molecule has 1 spiro atoms. The van der Waals surface area contributed by atoms with E-state index < -0.39 is 29.2 Å². The van der Waals surface area contributed by atoms with Crippen molar-refractivity contribution in [2.75, 3.05) is 0 Å². The number of hydrogen-bond acceptors (Lipinski definition) is 5. The van der Waals surface area contributed by atoms with Gasteiger partial charge in [0.1, 0.15) is 11.7 Å². The van der Waals surface area contributed by atoms with Gasteiger partial charge in [0.05, 0.1) is 0 Å². The number of aliphatic hydroxyl groups excluding tert-OH is 1. The summed E-state index contributed by atoms with van der Waals surface area (Å²) in [5.74, 6) is -1.63. The summed E-state index contributed by atoms with van der Waals surface area (Å²) in [6, 6.07) is 0. The van der Waals surface area contributed by atoms with Crippen molar-refractivity contribution in [1.82, 2.24) is 0 Å². The van der Waals surface area contributed by atoms with Gasteiger partial charge in [0.15, 0.2) is 12.1 Å². The predicted octanol–water partition coefficient (Wildman–Crippen LogP) is 0.743. The summed E-state index contributed by atoms with van der Waals surface area (Å²) in [4.78, 5) is 12.1. The highest BCUT2D eigenvalue weighted by Gasteiger charge is 2.76. The molecule has 5 unspecified atom stereocenters. The molecule has 0 aromatic carbocycles. The lowest BCUT2D eigenvalue weighted by atomic mass is 9.61. The van der Waals surface area contributed by atoms with Gasteiger partial charge >= 0.3 is 0 Å². The lowest BCUT2D eigenvalue weighted by Gasteiger charge is -2.45. The van der Waals surface area contributed by atoms with E-state index in [4.69, 9.17) is 9.47 Å². The fourth-order valence-corrected chi connectivity index (χ4v) is 3.91. The van der Waals surface area contributed by atoms with Gasteiger partial charge in [-0.25, -0.2) is 0 Å². The molecule has 5 nitrogen and oxygen atoms in total. The summed E-state index contributed by atoms with van der Waals surface area (Å²) in [6.07, 6.45) is 0.0766. The Bertz CT molecular complexity index is 470. The lowest BCUT2D eigenvalue weighted by molar-refractivity contribution is -0.296. The van der Waals surface area contributed by atoms with Crippen LogP contribution in [0.4, 0.5) is 0 Å². The standard InChI is InChI=1S/C14H20O5/c1-7-6-13(19-11(7)16)14(17)8(2)5-9(15)10(18-13)12(14,3)4/h5,7,10-11,16-17H,6H2,1-4H3. The first-order chi connectivity index (χ1) is 8.66. The van der Waals surface area contributed by atoms with Crippen LogP contribution in [0.1, 0.15) is 34.1 Å². The fraction of sp³-hybridized carbons (Fsp3) is 0.786. The average Bonchev–Trinajstić information content (AvgIpc) is 2.64. The predicted molar refractivity (Wildman–Crippen MR) is 66.0 cm³/mol. The SMILES string of the molecule is CC1=CC(=O)C2OC3(CC(C)C(O)O3)C1(O)C2(C)C. The summed E-state index contributed by atoms with van der Waals surface area (Å²) in [5.41, 5.74) is -1.64. The topological polar surface area (TPSA) is 76.0 Å². The average molecular weight is 268 g/mol. The normalized spacial score (nSPS) is 51.8. The van der Waals surface area contributed by atoms with E-state index in [1.54, 1.807) is 20.8 Å². The quantitative estimate of drug-likeness (QED) is 0.678. The zero-order chi connectivity index (χ0) is 14.2. The molecule has 1 aliphatic carbocycles. The van der Waals surface area contributed by atoms with E-state index in [0.29, 0.717) is 12.0 Å². The Kier molecular flexibility index (Phi) is 2.42. The van der Waals surface area contributed by atoms with Gasteiger partial charge in [-0.2, -0.15) is 0 Å². The summed E-state index contributed by atoms with van der Waals surface area (Å²) in [7, 11) is 0. The van der Waals surface area contributed by atoms with E-state index in [9.17, 15) is 15.0 Å². The maximum atomic E-state index is 12.1. The Morgan fingerprint density at radius 3 is 2.53 bits per heavy atom. The van der Waals surface area contributed by atoms with E-state index in [0.717, 1.165) is 0 Å². The third-order valence-electron chi connectivity index (χ3n) is 5.02. The van der Waals surface area contributed by atoms with Crippen LogP contribution in [0.3, 0.4) is 0 Å². The molecule has 2 saturated heterocycles. The molecule has 2 aliphatic heterocycles. The van der Waals surface area contributed by atoms with Crippen molar-refractivity contribution in [2.24, 2.45) is 11.3 Å². The molecule has 0 saturated carbocycles. The molecule has 2 fully saturated rings. The third-order valence-corrected chi connectivity index (χ3v) is 5.02. The monoisotopic (exact) mass is 268 g/mol. The molecule has 0 amide bonds. The first-order valence-electron chi connectivity index (χ1n) is 6.64. The number of fused-ring (bicyclic) bond motifs is 3. The highest BCUT2D eigenvalue weighted by atomic mass is 16.8. The zero-order valence-corrected chi connectivity index (χ0v) is 11.6. The maximum Gasteiger partial charge on any atom is 0.205 e. The second-order valence-electron chi connectivity index (χ2n) is 6.60. The molecule has 0 aromatic heterocycles. The number of hydrogen-bond donors (Lipinski definition) is 2. The van der Waals surface area contributed by atoms with E-state index in [-0.39, 0.29) is 11.7 Å².